The zero-order valence-electron chi connectivity index (χ0n) is 10.00. The summed E-state index contributed by atoms with van der Waals surface area (Å²) in [7, 11) is 0. The van der Waals surface area contributed by atoms with Crippen molar-refractivity contribution in [3.63, 3.8) is 0 Å². The summed E-state index contributed by atoms with van der Waals surface area (Å²) in [6.45, 7) is 7.98. The molecule has 4 heteroatoms. The van der Waals surface area contributed by atoms with Crippen molar-refractivity contribution in [2.45, 2.75) is 32.7 Å². The van der Waals surface area contributed by atoms with Crippen molar-refractivity contribution in [3.8, 4) is 0 Å². The Balaban J connectivity index is 3.28. The normalized spacial score (nSPS) is 13.0. The standard InChI is InChI=1S/C11H25NO3/c1-3-7-14-8-9-15-10-11(5-6-13)12-4-2/h11-13H,3-10H2,1-2H3. The van der Waals surface area contributed by atoms with Crippen LogP contribution >= 0.6 is 0 Å². The molecule has 0 aliphatic rings. The first-order chi connectivity index (χ1) is 7.35. The Morgan fingerprint density at radius 2 is 1.87 bits per heavy atom. The summed E-state index contributed by atoms with van der Waals surface area (Å²) < 4.78 is 10.7. The first kappa shape index (κ1) is 14.8. The number of likely N-dealkylation sites (N-methyl/N-ethyl adjacent to an activating group) is 1. The fourth-order valence-electron chi connectivity index (χ4n) is 1.28. The fraction of sp³-hybridized carbons (Fsp3) is 1.00. The van der Waals surface area contributed by atoms with E-state index >= 15 is 0 Å². The largest absolute Gasteiger partial charge is 0.396 e. The quantitative estimate of drug-likeness (QED) is 0.504. The van der Waals surface area contributed by atoms with Gasteiger partial charge in [-0.05, 0) is 19.4 Å². The molecule has 2 N–H and O–H groups in total. The molecular weight excluding hydrogens is 194 g/mol. The molecule has 0 saturated heterocycles. The predicted molar refractivity (Wildman–Crippen MR) is 61.1 cm³/mol. The van der Waals surface area contributed by atoms with E-state index in [1.807, 2.05) is 0 Å². The van der Waals surface area contributed by atoms with Crippen LogP contribution < -0.4 is 5.32 Å². The lowest BCUT2D eigenvalue weighted by Crippen LogP contribution is -2.34. The molecule has 0 radical (unpaired) electrons. The van der Waals surface area contributed by atoms with Gasteiger partial charge >= 0.3 is 0 Å². The lowest BCUT2D eigenvalue weighted by atomic mass is 10.2. The van der Waals surface area contributed by atoms with Crippen molar-refractivity contribution in [1.82, 2.24) is 5.32 Å². The molecule has 1 unspecified atom stereocenters. The summed E-state index contributed by atoms with van der Waals surface area (Å²) >= 11 is 0. The van der Waals surface area contributed by atoms with Crippen LogP contribution in [0.25, 0.3) is 0 Å². The van der Waals surface area contributed by atoms with Crippen LogP contribution in [0.15, 0.2) is 0 Å². The zero-order valence-corrected chi connectivity index (χ0v) is 10.00. The second kappa shape index (κ2) is 11.9. The molecule has 0 spiro atoms. The molecule has 0 heterocycles. The minimum Gasteiger partial charge on any atom is -0.396 e. The molecule has 0 aromatic rings. The van der Waals surface area contributed by atoms with Gasteiger partial charge in [0.2, 0.25) is 0 Å². The molecule has 0 aliphatic heterocycles. The number of nitrogens with one attached hydrogen (secondary N) is 1. The maximum Gasteiger partial charge on any atom is 0.0701 e. The van der Waals surface area contributed by atoms with Gasteiger partial charge < -0.3 is 19.9 Å². The molecule has 0 aliphatic carbocycles. The van der Waals surface area contributed by atoms with E-state index in [1.165, 1.54) is 0 Å². The van der Waals surface area contributed by atoms with E-state index in [9.17, 15) is 0 Å². The van der Waals surface area contributed by atoms with Crippen LogP contribution in [-0.4, -0.2) is 50.7 Å². The lowest BCUT2D eigenvalue weighted by molar-refractivity contribution is 0.0367. The molecule has 1 atom stereocenters. The van der Waals surface area contributed by atoms with Crippen LogP contribution in [0, 0.1) is 0 Å². The molecule has 92 valence electrons. The van der Waals surface area contributed by atoms with Gasteiger partial charge in [-0.2, -0.15) is 0 Å². The molecule has 0 bridgehead atoms. The monoisotopic (exact) mass is 219 g/mol. The third-order valence-electron chi connectivity index (χ3n) is 2.01. The molecule has 0 amide bonds. The number of aliphatic hydroxyl groups is 1. The summed E-state index contributed by atoms with van der Waals surface area (Å²) in [6.07, 6.45) is 1.79. The number of hydrogen-bond acceptors (Lipinski definition) is 4. The van der Waals surface area contributed by atoms with E-state index in [-0.39, 0.29) is 12.6 Å². The van der Waals surface area contributed by atoms with E-state index in [0.717, 1.165) is 26.0 Å². The van der Waals surface area contributed by atoms with Crippen molar-refractivity contribution in [2.75, 3.05) is 39.6 Å². The van der Waals surface area contributed by atoms with Gasteiger partial charge in [0.1, 0.15) is 0 Å². The molecule has 0 aromatic heterocycles. The third kappa shape index (κ3) is 10.1. The van der Waals surface area contributed by atoms with Crippen molar-refractivity contribution in [1.29, 1.82) is 0 Å². The zero-order chi connectivity index (χ0) is 11.4. The Morgan fingerprint density at radius 3 is 2.47 bits per heavy atom. The van der Waals surface area contributed by atoms with Crippen LogP contribution in [-0.2, 0) is 9.47 Å². The molecular formula is C11H25NO3. The van der Waals surface area contributed by atoms with Crippen molar-refractivity contribution >= 4 is 0 Å². The Hall–Kier alpha value is -0.160. The van der Waals surface area contributed by atoms with Gasteiger partial charge in [0, 0.05) is 19.3 Å². The van der Waals surface area contributed by atoms with E-state index in [0.29, 0.717) is 19.8 Å². The maximum atomic E-state index is 8.82. The Morgan fingerprint density at radius 1 is 1.13 bits per heavy atom. The topological polar surface area (TPSA) is 50.7 Å². The van der Waals surface area contributed by atoms with Gasteiger partial charge in [-0.1, -0.05) is 13.8 Å². The summed E-state index contributed by atoms with van der Waals surface area (Å²) in [5, 5.41) is 12.1. The highest BCUT2D eigenvalue weighted by atomic mass is 16.5. The van der Waals surface area contributed by atoms with Gasteiger partial charge in [-0.25, -0.2) is 0 Å². The summed E-state index contributed by atoms with van der Waals surface area (Å²) in [5.74, 6) is 0. The highest BCUT2D eigenvalue weighted by Gasteiger charge is 2.05. The highest BCUT2D eigenvalue weighted by molar-refractivity contribution is 4.64. The summed E-state index contributed by atoms with van der Waals surface area (Å²) in [4.78, 5) is 0. The average Bonchev–Trinajstić information content (AvgIpc) is 2.24. The first-order valence-corrected chi connectivity index (χ1v) is 5.84. The molecule has 0 fully saturated rings. The van der Waals surface area contributed by atoms with Crippen molar-refractivity contribution in [2.24, 2.45) is 0 Å². The van der Waals surface area contributed by atoms with Crippen LogP contribution in [0.1, 0.15) is 26.7 Å². The predicted octanol–water partition coefficient (Wildman–Crippen LogP) is 0.790. The SMILES string of the molecule is CCCOCCOCC(CCO)NCC. The van der Waals surface area contributed by atoms with E-state index < -0.39 is 0 Å². The average molecular weight is 219 g/mol. The number of hydrogen-bond donors (Lipinski definition) is 2. The van der Waals surface area contributed by atoms with Crippen molar-refractivity contribution in [3.05, 3.63) is 0 Å². The number of rotatable bonds is 11. The molecule has 15 heavy (non-hydrogen) atoms. The smallest absolute Gasteiger partial charge is 0.0701 e. The van der Waals surface area contributed by atoms with E-state index in [1.54, 1.807) is 0 Å². The molecule has 0 rings (SSSR count). The van der Waals surface area contributed by atoms with Crippen LogP contribution in [0.3, 0.4) is 0 Å². The van der Waals surface area contributed by atoms with E-state index in [4.69, 9.17) is 14.6 Å². The lowest BCUT2D eigenvalue weighted by Gasteiger charge is -2.16. The second-order valence-electron chi connectivity index (χ2n) is 3.45. The fourth-order valence-corrected chi connectivity index (χ4v) is 1.28. The summed E-state index contributed by atoms with van der Waals surface area (Å²) in [5.41, 5.74) is 0. The van der Waals surface area contributed by atoms with Gasteiger partial charge in [0.15, 0.2) is 0 Å². The van der Waals surface area contributed by atoms with Crippen LogP contribution in [0.5, 0.6) is 0 Å². The first-order valence-electron chi connectivity index (χ1n) is 5.84. The van der Waals surface area contributed by atoms with Crippen LogP contribution in [0.2, 0.25) is 0 Å². The maximum absolute atomic E-state index is 8.82. The molecule has 4 nitrogen and oxygen atoms in total. The van der Waals surface area contributed by atoms with E-state index in [2.05, 4.69) is 19.2 Å². The minimum atomic E-state index is 0.202. The Labute approximate surface area is 93.0 Å². The van der Waals surface area contributed by atoms with Gasteiger partial charge in [0.25, 0.3) is 0 Å². The van der Waals surface area contributed by atoms with Gasteiger partial charge in [-0.15, -0.1) is 0 Å². The minimum absolute atomic E-state index is 0.202. The summed E-state index contributed by atoms with van der Waals surface area (Å²) in [6, 6.07) is 0.256. The Bertz CT molecular complexity index is 116. The third-order valence-corrected chi connectivity index (χ3v) is 2.01. The van der Waals surface area contributed by atoms with Crippen molar-refractivity contribution < 1.29 is 14.6 Å². The number of ether oxygens (including phenoxy) is 2. The van der Waals surface area contributed by atoms with Gasteiger partial charge in [-0.3, -0.25) is 0 Å². The van der Waals surface area contributed by atoms with Crippen LogP contribution in [0.4, 0.5) is 0 Å². The highest BCUT2D eigenvalue weighted by Crippen LogP contribution is 1.92. The van der Waals surface area contributed by atoms with Gasteiger partial charge in [0.05, 0.1) is 19.8 Å². The molecule has 0 saturated carbocycles. The molecule has 0 aromatic carbocycles. The Kier molecular flexibility index (Phi) is 11.8. The number of aliphatic hydroxyl groups excluding tert-OH is 1. The second-order valence-corrected chi connectivity index (χ2v) is 3.45.